The van der Waals surface area contributed by atoms with Crippen LogP contribution in [-0.2, 0) is 5.54 Å². The minimum Gasteiger partial charge on any atom is -0.320 e. The number of hydrogen-bond acceptors (Lipinski definition) is 3. The van der Waals surface area contributed by atoms with Crippen molar-refractivity contribution in [2.24, 2.45) is 5.73 Å². The van der Waals surface area contributed by atoms with Gasteiger partial charge in [0.05, 0.1) is 11.2 Å². The molecule has 0 unspecified atom stereocenters. The predicted octanol–water partition coefficient (Wildman–Crippen LogP) is 3.61. The van der Waals surface area contributed by atoms with Gasteiger partial charge in [-0.15, -0.1) is 11.3 Å². The van der Waals surface area contributed by atoms with Gasteiger partial charge in [0.2, 0.25) is 0 Å². The summed E-state index contributed by atoms with van der Waals surface area (Å²) in [5.74, 6) is 0. The van der Waals surface area contributed by atoms with Crippen molar-refractivity contribution < 1.29 is 0 Å². The monoisotopic (exact) mass is 344 g/mol. The third-order valence-electron chi connectivity index (χ3n) is 2.20. The van der Waals surface area contributed by atoms with Crippen molar-refractivity contribution in [1.82, 2.24) is 4.98 Å². The Bertz CT molecular complexity index is 482. The van der Waals surface area contributed by atoms with Crippen molar-refractivity contribution in [1.29, 1.82) is 0 Å². The molecule has 0 atom stereocenters. The minimum atomic E-state index is -0.355. The zero-order valence-corrected chi connectivity index (χ0v) is 12.2. The fourth-order valence-corrected chi connectivity index (χ4v) is 2.55. The van der Waals surface area contributed by atoms with Crippen molar-refractivity contribution in [3.05, 3.63) is 38.2 Å². The highest BCUT2D eigenvalue weighted by atomic mass is 127. The smallest absolute Gasteiger partial charge is 0.113 e. The van der Waals surface area contributed by atoms with Crippen molar-refractivity contribution in [2.45, 2.75) is 19.4 Å². The zero-order chi connectivity index (χ0) is 11.8. The molecule has 2 nitrogen and oxygen atoms in total. The lowest BCUT2D eigenvalue weighted by Crippen LogP contribution is -2.28. The van der Waals surface area contributed by atoms with Crippen molar-refractivity contribution in [2.75, 3.05) is 0 Å². The first-order valence-electron chi connectivity index (χ1n) is 4.97. The van der Waals surface area contributed by atoms with Gasteiger partial charge in [-0.05, 0) is 48.6 Å². The van der Waals surface area contributed by atoms with E-state index in [0.29, 0.717) is 0 Å². The van der Waals surface area contributed by atoms with E-state index in [1.165, 1.54) is 3.57 Å². The van der Waals surface area contributed by atoms with Gasteiger partial charge in [-0.2, -0.15) is 0 Å². The van der Waals surface area contributed by atoms with Gasteiger partial charge in [-0.25, -0.2) is 4.98 Å². The molecule has 0 saturated carbocycles. The Labute approximate surface area is 113 Å². The number of rotatable bonds is 2. The van der Waals surface area contributed by atoms with Crippen LogP contribution in [0, 0.1) is 3.57 Å². The third-order valence-corrected chi connectivity index (χ3v) is 4.10. The largest absolute Gasteiger partial charge is 0.320 e. The molecule has 1 heterocycles. The van der Waals surface area contributed by atoms with E-state index in [-0.39, 0.29) is 5.54 Å². The summed E-state index contributed by atoms with van der Waals surface area (Å²) in [6.07, 6.45) is 0. The molecule has 0 amide bonds. The molecule has 0 bridgehead atoms. The molecular weight excluding hydrogens is 331 g/mol. The standard InChI is InChI=1S/C12H13IN2S/c1-12(2,14)11-15-10(7-16-11)8-3-5-9(13)6-4-8/h3-7H,14H2,1-2H3. The van der Waals surface area contributed by atoms with Crippen molar-refractivity contribution in [3.63, 3.8) is 0 Å². The second-order valence-corrected chi connectivity index (χ2v) is 6.37. The Kier molecular flexibility index (Phi) is 3.32. The fourth-order valence-electron chi connectivity index (χ4n) is 1.32. The van der Waals surface area contributed by atoms with E-state index in [4.69, 9.17) is 5.73 Å². The molecule has 0 saturated heterocycles. The second kappa shape index (κ2) is 4.43. The topological polar surface area (TPSA) is 38.9 Å². The molecule has 0 aliphatic heterocycles. The van der Waals surface area contributed by atoms with Crippen LogP contribution in [0.4, 0.5) is 0 Å². The minimum absolute atomic E-state index is 0.355. The molecule has 0 aliphatic rings. The SMILES string of the molecule is CC(C)(N)c1nc(-c2ccc(I)cc2)cs1. The van der Waals surface area contributed by atoms with Gasteiger partial charge in [-0.1, -0.05) is 12.1 Å². The highest BCUT2D eigenvalue weighted by Crippen LogP contribution is 2.27. The number of thiazole rings is 1. The van der Waals surface area contributed by atoms with Gasteiger partial charge in [0.25, 0.3) is 0 Å². The number of nitrogens with zero attached hydrogens (tertiary/aromatic N) is 1. The molecule has 1 aromatic heterocycles. The average Bonchev–Trinajstić information content (AvgIpc) is 2.67. The summed E-state index contributed by atoms with van der Waals surface area (Å²) in [6, 6.07) is 8.35. The van der Waals surface area contributed by atoms with E-state index in [1.54, 1.807) is 11.3 Å². The van der Waals surface area contributed by atoms with Crippen LogP contribution in [0.5, 0.6) is 0 Å². The molecule has 0 radical (unpaired) electrons. The van der Waals surface area contributed by atoms with Gasteiger partial charge in [-0.3, -0.25) is 0 Å². The Morgan fingerprint density at radius 1 is 1.25 bits per heavy atom. The van der Waals surface area contributed by atoms with E-state index in [9.17, 15) is 0 Å². The molecule has 1 aromatic carbocycles. The maximum Gasteiger partial charge on any atom is 0.113 e. The highest BCUT2D eigenvalue weighted by molar-refractivity contribution is 14.1. The number of hydrogen-bond donors (Lipinski definition) is 1. The summed E-state index contributed by atoms with van der Waals surface area (Å²) in [5.41, 5.74) is 7.82. The Balaban J connectivity index is 2.35. The zero-order valence-electron chi connectivity index (χ0n) is 9.20. The molecule has 16 heavy (non-hydrogen) atoms. The van der Waals surface area contributed by atoms with Crippen molar-refractivity contribution >= 4 is 33.9 Å². The third kappa shape index (κ3) is 2.61. The first-order chi connectivity index (χ1) is 7.47. The summed E-state index contributed by atoms with van der Waals surface area (Å²) in [6.45, 7) is 3.95. The summed E-state index contributed by atoms with van der Waals surface area (Å²) < 4.78 is 1.23. The summed E-state index contributed by atoms with van der Waals surface area (Å²) in [5, 5.41) is 3.03. The molecule has 2 rings (SSSR count). The maximum atomic E-state index is 6.02. The molecule has 0 spiro atoms. The quantitative estimate of drug-likeness (QED) is 0.846. The molecule has 0 fully saturated rings. The maximum absolute atomic E-state index is 6.02. The first kappa shape index (κ1) is 12.0. The first-order valence-corrected chi connectivity index (χ1v) is 6.93. The summed E-state index contributed by atoms with van der Waals surface area (Å²) >= 11 is 3.91. The lowest BCUT2D eigenvalue weighted by molar-refractivity contribution is 0.551. The van der Waals surface area contributed by atoms with Gasteiger partial charge in [0.15, 0.2) is 0 Å². The molecule has 84 valence electrons. The molecule has 4 heteroatoms. The van der Waals surface area contributed by atoms with Gasteiger partial charge < -0.3 is 5.73 Å². The average molecular weight is 344 g/mol. The van der Waals surface area contributed by atoms with E-state index in [1.807, 2.05) is 13.8 Å². The van der Waals surface area contributed by atoms with E-state index < -0.39 is 0 Å². The second-order valence-electron chi connectivity index (χ2n) is 4.27. The molecule has 2 N–H and O–H groups in total. The molecule has 2 aromatic rings. The fraction of sp³-hybridized carbons (Fsp3) is 0.250. The summed E-state index contributed by atoms with van der Waals surface area (Å²) in [4.78, 5) is 4.57. The molecule has 0 aliphatic carbocycles. The van der Waals surface area contributed by atoms with Crippen LogP contribution < -0.4 is 5.73 Å². The van der Waals surface area contributed by atoms with Crippen LogP contribution in [0.1, 0.15) is 18.9 Å². The number of halogens is 1. The van der Waals surface area contributed by atoms with Crippen molar-refractivity contribution in [3.8, 4) is 11.3 Å². The number of aromatic nitrogens is 1. The van der Waals surface area contributed by atoms with Crippen LogP contribution in [0.15, 0.2) is 29.6 Å². The van der Waals surface area contributed by atoms with Crippen LogP contribution >= 0.6 is 33.9 Å². The lowest BCUT2D eigenvalue weighted by atomic mass is 10.1. The molecular formula is C12H13IN2S. The normalized spacial score (nSPS) is 11.8. The predicted molar refractivity (Wildman–Crippen MR) is 77.5 cm³/mol. The highest BCUT2D eigenvalue weighted by Gasteiger charge is 2.18. The Morgan fingerprint density at radius 3 is 2.38 bits per heavy atom. The van der Waals surface area contributed by atoms with Crippen LogP contribution in [0.3, 0.4) is 0 Å². The Hall–Kier alpha value is -0.460. The van der Waals surface area contributed by atoms with Crippen LogP contribution in [0.2, 0.25) is 0 Å². The van der Waals surface area contributed by atoms with E-state index in [2.05, 4.69) is 57.2 Å². The number of benzene rings is 1. The Morgan fingerprint density at radius 2 is 1.88 bits per heavy atom. The van der Waals surface area contributed by atoms with Gasteiger partial charge in [0.1, 0.15) is 5.01 Å². The van der Waals surface area contributed by atoms with E-state index >= 15 is 0 Å². The lowest BCUT2D eigenvalue weighted by Gasteiger charge is -2.13. The van der Waals surface area contributed by atoms with Crippen LogP contribution in [0.25, 0.3) is 11.3 Å². The summed E-state index contributed by atoms with van der Waals surface area (Å²) in [7, 11) is 0. The van der Waals surface area contributed by atoms with Gasteiger partial charge in [0, 0.05) is 14.5 Å². The number of nitrogens with two attached hydrogens (primary N) is 1. The van der Waals surface area contributed by atoms with Gasteiger partial charge >= 0.3 is 0 Å². The van der Waals surface area contributed by atoms with E-state index in [0.717, 1.165) is 16.3 Å². The van der Waals surface area contributed by atoms with Crippen LogP contribution in [-0.4, -0.2) is 4.98 Å².